The van der Waals surface area contributed by atoms with Crippen LogP contribution in [0.2, 0.25) is 5.02 Å². The third-order valence-electron chi connectivity index (χ3n) is 5.67. The van der Waals surface area contributed by atoms with Gasteiger partial charge in [-0.1, -0.05) is 16.8 Å². The van der Waals surface area contributed by atoms with Crippen LogP contribution in [0.15, 0.2) is 36.8 Å². The number of nitrogens with zero attached hydrogens (tertiary/aromatic N) is 8. The molecule has 0 saturated carbocycles. The van der Waals surface area contributed by atoms with Gasteiger partial charge in [0.25, 0.3) is 0 Å². The molecule has 0 aliphatic carbocycles. The van der Waals surface area contributed by atoms with E-state index in [1.165, 1.54) is 27.4 Å². The van der Waals surface area contributed by atoms with Gasteiger partial charge in [0.05, 0.1) is 35.4 Å². The van der Waals surface area contributed by atoms with Gasteiger partial charge in [0.2, 0.25) is 10.0 Å². The van der Waals surface area contributed by atoms with Gasteiger partial charge < -0.3 is 0 Å². The van der Waals surface area contributed by atoms with Crippen molar-refractivity contribution in [3.05, 3.63) is 59.0 Å². The number of aromatic nitrogens is 7. The zero-order valence-corrected chi connectivity index (χ0v) is 19.2. The number of halogens is 2. The molecular formula is C20H20ClFN8O2S. The molecule has 0 radical (unpaired) electrons. The van der Waals surface area contributed by atoms with Crippen molar-refractivity contribution >= 4 is 32.8 Å². The number of rotatable bonds is 5. The predicted octanol–water partition coefficient (Wildman–Crippen LogP) is 2.39. The van der Waals surface area contributed by atoms with Crippen molar-refractivity contribution < 1.29 is 12.8 Å². The zero-order valence-electron chi connectivity index (χ0n) is 17.6. The molecule has 1 aromatic carbocycles. The third-order valence-corrected chi connectivity index (χ3v) is 7.27. The van der Waals surface area contributed by atoms with Crippen LogP contribution in [0, 0.1) is 5.82 Å². The first-order valence-corrected chi connectivity index (χ1v) is 12.5. The maximum atomic E-state index is 13.5. The molecule has 0 N–H and O–H groups in total. The standard InChI is InChI=1S/C20H20ClFN8O2S/c1-33(31,32)28-6-4-14(5-7-28)29-12-13(10-24-29)8-19-23-11-18-20(25-19)30(27-26-18)15-2-3-17(22)16(21)9-15/h2-3,9-12,14H,4-8H2,1H3. The summed E-state index contributed by atoms with van der Waals surface area (Å²) < 4.78 is 41.8. The molecule has 0 unspecified atom stereocenters. The predicted molar refractivity (Wildman–Crippen MR) is 119 cm³/mol. The molecule has 33 heavy (non-hydrogen) atoms. The Morgan fingerprint density at radius 1 is 1.21 bits per heavy atom. The van der Waals surface area contributed by atoms with Gasteiger partial charge in [0.1, 0.15) is 11.6 Å². The molecule has 0 atom stereocenters. The number of hydrogen-bond donors (Lipinski definition) is 0. The van der Waals surface area contributed by atoms with Gasteiger partial charge in [-0.2, -0.15) is 9.78 Å². The van der Waals surface area contributed by atoms with E-state index in [1.807, 2.05) is 10.9 Å². The lowest BCUT2D eigenvalue weighted by molar-refractivity contribution is 0.262. The summed E-state index contributed by atoms with van der Waals surface area (Å²) in [7, 11) is -3.16. The highest BCUT2D eigenvalue weighted by atomic mass is 35.5. The van der Waals surface area contributed by atoms with Gasteiger partial charge in [-0.05, 0) is 36.6 Å². The fourth-order valence-electron chi connectivity index (χ4n) is 3.93. The fraction of sp³-hybridized carbons (Fsp3) is 0.350. The summed E-state index contributed by atoms with van der Waals surface area (Å²) >= 11 is 5.91. The maximum Gasteiger partial charge on any atom is 0.211 e. The van der Waals surface area contributed by atoms with E-state index < -0.39 is 15.8 Å². The number of sulfonamides is 1. The van der Waals surface area contributed by atoms with Crippen LogP contribution in [-0.2, 0) is 16.4 Å². The van der Waals surface area contributed by atoms with Crippen LogP contribution < -0.4 is 0 Å². The summed E-state index contributed by atoms with van der Waals surface area (Å²) in [5.74, 6) is 0.0462. The lowest BCUT2D eigenvalue weighted by atomic mass is 10.1. The van der Waals surface area contributed by atoms with Gasteiger partial charge in [0, 0.05) is 25.7 Å². The van der Waals surface area contributed by atoms with E-state index >= 15 is 0 Å². The molecule has 3 aromatic heterocycles. The van der Waals surface area contributed by atoms with Crippen LogP contribution in [0.4, 0.5) is 4.39 Å². The van der Waals surface area contributed by atoms with E-state index in [9.17, 15) is 12.8 Å². The Morgan fingerprint density at radius 2 is 2.00 bits per heavy atom. The lowest BCUT2D eigenvalue weighted by Crippen LogP contribution is -2.38. The topological polar surface area (TPSA) is 112 Å². The molecule has 0 amide bonds. The largest absolute Gasteiger partial charge is 0.269 e. The Labute approximate surface area is 194 Å². The summed E-state index contributed by atoms with van der Waals surface area (Å²) in [5.41, 5.74) is 2.47. The molecule has 1 aliphatic rings. The third kappa shape index (κ3) is 4.45. The van der Waals surface area contributed by atoms with Crippen molar-refractivity contribution in [2.75, 3.05) is 19.3 Å². The van der Waals surface area contributed by atoms with E-state index in [-0.39, 0.29) is 11.1 Å². The molecule has 172 valence electrons. The Hall–Kier alpha value is -2.96. The molecule has 0 bridgehead atoms. The van der Waals surface area contributed by atoms with Gasteiger partial charge in [-0.3, -0.25) is 4.68 Å². The maximum absolute atomic E-state index is 13.5. The number of hydrogen-bond acceptors (Lipinski definition) is 7. The van der Waals surface area contributed by atoms with Crippen LogP contribution in [0.25, 0.3) is 16.9 Å². The average molecular weight is 491 g/mol. The van der Waals surface area contributed by atoms with Crippen molar-refractivity contribution in [1.82, 2.24) is 39.0 Å². The minimum atomic E-state index is -3.16. The summed E-state index contributed by atoms with van der Waals surface area (Å²) in [6.45, 7) is 0.978. The van der Waals surface area contributed by atoms with Crippen LogP contribution in [-0.4, -0.2) is 66.8 Å². The first-order chi connectivity index (χ1) is 15.8. The molecule has 10 nitrogen and oxygen atoms in total. The first kappa shape index (κ1) is 21.9. The van der Waals surface area contributed by atoms with Gasteiger partial charge in [-0.25, -0.2) is 27.1 Å². The lowest BCUT2D eigenvalue weighted by Gasteiger charge is -2.30. The minimum absolute atomic E-state index is 0.0137. The normalized spacial score (nSPS) is 16.0. The Balaban J connectivity index is 1.34. The Morgan fingerprint density at radius 3 is 2.73 bits per heavy atom. The van der Waals surface area contributed by atoms with Crippen molar-refractivity contribution in [1.29, 1.82) is 0 Å². The molecule has 1 fully saturated rings. The van der Waals surface area contributed by atoms with Crippen molar-refractivity contribution in [2.24, 2.45) is 0 Å². The molecule has 0 spiro atoms. The van der Waals surface area contributed by atoms with Crippen LogP contribution in [0.1, 0.15) is 30.3 Å². The van der Waals surface area contributed by atoms with E-state index in [4.69, 9.17) is 11.6 Å². The quantitative estimate of drug-likeness (QED) is 0.422. The molecule has 1 saturated heterocycles. The summed E-state index contributed by atoms with van der Waals surface area (Å²) in [6, 6.07) is 4.43. The second kappa shape index (κ2) is 8.43. The molecule has 5 rings (SSSR count). The van der Waals surface area contributed by atoms with Gasteiger partial charge >= 0.3 is 0 Å². The number of piperidine rings is 1. The second-order valence-electron chi connectivity index (χ2n) is 7.99. The van der Waals surface area contributed by atoms with Gasteiger partial charge in [0.15, 0.2) is 11.2 Å². The molecule has 4 aromatic rings. The van der Waals surface area contributed by atoms with Crippen LogP contribution in [0.5, 0.6) is 0 Å². The first-order valence-electron chi connectivity index (χ1n) is 10.3. The van der Waals surface area contributed by atoms with Crippen molar-refractivity contribution in [2.45, 2.75) is 25.3 Å². The summed E-state index contributed by atoms with van der Waals surface area (Å²) in [5, 5.41) is 12.6. The molecule has 1 aliphatic heterocycles. The Bertz CT molecular complexity index is 1430. The highest BCUT2D eigenvalue weighted by Gasteiger charge is 2.26. The SMILES string of the molecule is CS(=O)(=O)N1CCC(n2cc(Cc3ncc4nnn(-c5ccc(F)c(Cl)c5)c4n3)cn2)CC1. The molecule has 4 heterocycles. The second-order valence-corrected chi connectivity index (χ2v) is 10.4. The van der Waals surface area contributed by atoms with Crippen LogP contribution in [0.3, 0.4) is 0 Å². The fourth-order valence-corrected chi connectivity index (χ4v) is 4.98. The zero-order chi connectivity index (χ0) is 23.2. The average Bonchev–Trinajstić information content (AvgIpc) is 3.42. The summed E-state index contributed by atoms with van der Waals surface area (Å²) in [4.78, 5) is 8.97. The number of fused-ring (bicyclic) bond motifs is 1. The van der Waals surface area contributed by atoms with E-state index in [0.29, 0.717) is 55.0 Å². The highest BCUT2D eigenvalue weighted by molar-refractivity contribution is 7.88. The molecule has 13 heteroatoms. The summed E-state index contributed by atoms with van der Waals surface area (Å²) in [6.07, 6.45) is 8.42. The smallest absolute Gasteiger partial charge is 0.211 e. The van der Waals surface area contributed by atoms with E-state index in [2.05, 4.69) is 25.4 Å². The molecular weight excluding hydrogens is 471 g/mol. The van der Waals surface area contributed by atoms with Crippen molar-refractivity contribution in [3.63, 3.8) is 0 Å². The van der Waals surface area contributed by atoms with Crippen molar-refractivity contribution in [3.8, 4) is 5.69 Å². The monoisotopic (exact) mass is 490 g/mol. The van der Waals surface area contributed by atoms with Crippen LogP contribution >= 0.6 is 11.6 Å². The Kier molecular flexibility index (Phi) is 5.59. The highest BCUT2D eigenvalue weighted by Crippen LogP contribution is 2.24. The van der Waals surface area contributed by atoms with Gasteiger partial charge in [-0.15, -0.1) is 5.10 Å². The van der Waals surface area contributed by atoms with E-state index in [0.717, 1.165) is 5.56 Å². The van der Waals surface area contributed by atoms with E-state index in [1.54, 1.807) is 18.5 Å². The minimum Gasteiger partial charge on any atom is -0.269 e. The number of benzene rings is 1.